The van der Waals surface area contributed by atoms with Crippen molar-refractivity contribution < 1.29 is 23.2 Å². The Morgan fingerprint density at radius 2 is 1.78 bits per heavy atom. The number of hydrogen-bond donors (Lipinski definition) is 3. The van der Waals surface area contributed by atoms with Crippen LogP contribution >= 0.6 is 0 Å². The van der Waals surface area contributed by atoms with Crippen LogP contribution in [0.5, 0.6) is 5.75 Å². The largest absolute Gasteiger partial charge is 0.508 e. The third-order valence-corrected chi connectivity index (χ3v) is 4.92. The Hall–Kier alpha value is -3.31. The van der Waals surface area contributed by atoms with Crippen molar-refractivity contribution in [2.24, 2.45) is 5.10 Å². The molecule has 0 radical (unpaired) electrons. The number of benzene rings is 2. The SMILES string of the molecule is C[C@@H](NS(=O)(=O)c1ccc([N+](=O)[O-])cc1)C(=O)NN=Cc1ccc(O)cc1. The smallest absolute Gasteiger partial charge is 0.269 e. The number of non-ortho nitro benzene ring substituents is 1. The molecule has 0 fully saturated rings. The molecule has 2 aromatic rings. The van der Waals surface area contributed by atoms with Gasteiger partial charge in [0, 0.05) is 12.1 Å². The first-order valence-electron chi connectivity index (χ1n) is 7.58. The van der Waals surface area contributed by atoms with Crippen LogP contribution in [0.2, 0.25) is 0 Å². The Balaban J connectivity index is 1.97. The number of hydrogen-bond acceptors (Lipinski definition) is 7. The highest BCUT2D eigenvalue weighted by atomic mass is 32.2. The van der Waals surface area contributed by atoms with E-state index in [4.69, 9.17) is 0 Å². The monoisotopic (exact) mass is 392 g/mol. The Labute approximate surface area is 154 Å². The van der Waals surface area contributed by atoms with Crippen molar-refractivity contribution in [3.8, 4) is 5.75 Å². The average Bonchev–Trinajstić information content (AvgIpc) is 2.63. The second-order valence-corrected chi connectivity index (χ2v) is 7.13. The highest BCUT2D eigenvalue weighted by Crippen LogP contribution is 2.16. The zero-order chi connectivity index (χ0) is 20.0. The van der Waals surface area contributed by atoms with Gasteiger partial charge in [0.05, 0.1) is 22.1 Å². The average molecular weight is 392 g/mol. The number of nitrogens with zero attached hydrogens (tertiary/aromatic N) is 2. The van der Waals surface area contributed by atoms with Crippen molar-refractivity contribution in [3.05, 3.63) is 64.2 Å². The van der Waals surface area contributed by atoms with Crippen LogP contribution in [0.4, 0.5) is 5.69 Å². The van der Waals surface area contributed by atoms with Crippen molar-refractivity contribution in [1.29, 1.82) is 0 Å². The fourth-order valence-corrected chi connectivity index (χ4v) is 3.13. The second kappa shape index (κ2) is 8.38. The van der Waals surface area contributed by atoms with Gasteiger partial charge in [-0.25, -0.2) is 13.8 Å². The zero-order valence-corrected chi connectivity index (χ0v) is 14.9. The fourth-order valence-electron chi connectivity index (χ4n) is 1.93. The van der Waals surface area contributed by atoms with Crippen molar-refractivity contribution in [2.45, 2.75) is 17.9 Å². The van der Waals surface area contributed by atoms with Gasteiger partial charge in [0.1, 0.15) is 5.75 Å². The van der Waals surface area contributed by atoms with Gasteiger partial charge in [-0.3, -0.25) is 14.9 Å². The van der Waals surface area contributed by atoms with E-state index in [1.54, 1.807) is 12.1 Å². The van der Waals surface area contributed by atoms with E-state index in [1.807, 2.05) is 0 Å². The molecular formula is C16H16N4O6S. The summed E-state index contributed by atoms with van der Waals surface area (Å²) in [6, 6.07) is 9.18. The number of nitro groups is 1. The molecule has 0 unspecified atom stereocenters. The van der Waals surface area contributed by atoms with E-state index < -0.39 is 26.9 Å². The first-order chi connectivity index (χ1) is 12.7. The third kappa shape index (κ3) is 5.59. The minimum Gasteiger partial charge on any atom is -0.508 e. The van der Waals surface area contributed by atoms with E-state index in [1.165, 1.54) is 25.3 Å². The Kier molecular flexibility index (Phi) is 6.21. The van der Waals surface area contributed by atoms with Gasteiger partial charge in [-0.2, -0.15) is 9.82 Å². The zero-order valence-electron chi connectivity index (χ0n) is 14.1. The maximum atomic E-state index is 12.2. The molecule has 0 aliphatic carbocycles. The first-order valence-corrected chi connectivity index (χ1v) is 9.06. The van der Waals surface area contributed by atoms with E-state index in [-0.39, 0.29) is 16.3 Å². The lowest BCUT2D eigenvalue weighted by molar-refractivity contribution is -0.384. The molecule has 1 atom stereocenters. The molecule has 1 amide bonds. The lowest BCUT2D eigenvalue weighted by atomic mass is 10.2. The third-order valence-electron chi connectivity index (χ3n) is 3.36. The van der Waals surface area contributed by atoms with E-state index in [9.17, 15) is 28.4 Å². The molecule has 0 bridgehead atoms. The summed E-state index contributed by atoms with van der Waals surface area (Å²) in [5.41, 5.74) is 2.57. The van der Waals surface area contributed by atoms with Gasteiger partial charge in [-0.05, 0) is 48.9 Å². The Morgan fingerprint density at radius 3 is 2.33 bits per heavy atom. The number of nitro benzene ring substituents is 1. The van der Waals surface area contributed by atoms with Crippen LogP contribution in [0, 0.1) is 10.1 Å². The molecule has 27 heavy (non-hydrogen) atoms. The predicted molar refractivity (Wildman–Crippen MR) is 96.7 cm³/mol. The molecule has 0 heterocycles. The van der Waals surface area contributed by atoms with Crippen molar-refractivity contribution >= 4 is 27.8 Å². The van der Waals surface area contributed by atoms with Crippen molar-refractivity contribution in [3.63, 3.8) is 0 Å². The van der Waals surface area contributed by atoms with E-state index in [0.717, 1.165) is 24.3 Å². The number of rotatable bonds is 7. The lowest BCUT2D eigenvalue weighted by Gasteiger charge is -2.12. The van der Waals surface area contributed by atoms with Gasteiger partial charge >= 0.3 is 0 Å². The summed E-state index contributed by atoms with van der Waals surface area (Å²) in [6.45, 7) is 1.33. The highest BCUT2D eigenvalue weighted by molar-refractivity contribution is 7.89. The minimum absolute atomic E-state index is 0.0884. The van der Waals surface area contributed by atoms with Gasteiger partial charge in [-0.15, -0.1) is 0 Å². The number of carbonyl (C=O) groups is 1. The van der Waals surface area contributed by atoms with E-state index >= 15 is 0 Å². The number of nitrogens with one attached hydrogen (secondary N) is 2. The molecule has 142 valence electrons. The summed E-state index contributed by atoms with van der Waals surface area (Å²) < 4.78 is 26.6. The summed E-state index contributed by atoms with van der Waals surface area (Å²) >= 11 is 0. The van der Waals surface area contributed by atoms with Crippen LogP contribution in [0.3, 0.4) is 0 Å². The topological polar surface area (TPSA) is 151 Å². The fraction of sp³-hybridized carbons (Fsp3) is 0.125. The Morgan fingerprint density at radius 1 is 1.19 bits per heavy atom. The molecule has 11 heteroatoms. The molecule has 3 N–H and O–H groups in total. The van der Waals surface area contributed by atoms with Crippen LogP contribution in [0.25, 0.3) is 0 Å². The number of carbonyl (C=O) groups excluding carboxylic acids is 1. The number of amides is 1. The van der Waals surface area contributed by atoms with Crippen molar-refractivity contribution in [1.82, 2.24) is 10.1 Å². The Bertz CT molecular complexity index is 955. The summed E-state index contributed by atoms with van der Waals surface area (Å²) in [5.74, 6) is -0.610. The van der Waals surface area contributed by atoms with E-state index in [2.05, 4.69) is 15.2 Å². The number of phenols is 1. The summed E-state index contributed by atoms with van der Waals surface area (Å²) in [6.07, 6.45) is 1.33. The highest BCUT2D eigenvalue weighted by Gasteiger charge is 2.22. The molecule has 2 rings (SSSR count). The molecule has 0 aliphatic rings. The summed E-state index contributed by atoms with van der Waals surface area (Å²) in [4.78, 5) is 21.7. The molecular weight excluding hydrogens is 376 g/mol. The molecule has 10 nitrogen and oxygen atoms in total. The van der Waals surface area contributed by atoms with Crippen LogP contribution in [0.15, 0.2) is 58.5 Å². The molecule has 0 saturated carbocycles. The second-order valence-electron chi connectivity index (χ2n) is 5.42. The van der Waals surface area contributed by atoms with Gasteiger partial charge in [0.2, 0.25) is 10.0 Å². The first kappa shape index (κ1) is 20.0. The van der Waals surface area contributed by atoms with Crippen LogP contribution < -0.4 is 10.1 Å². The van der Waals surface area contributed by atoms with Crippen LogP contribution in [-0.4, -0.2) is 36.6 Å². The molecule has 0 spiro atoms. The van der Waals surface area contributed by atoms with Gasteiger partial charge in [-0.1, -0.05) is 0 Å². The van der Waals surface area contributed by atoms with Crippen molar-refractivity contribution in [2.75, 3.05) is 0 Å². The number of sulfonamides is 1. The standard InChI is InChI=1S/C16H16N4O6S/c1-11(16(22)18-17-10-12-2-6-14(21)7-3-12)19-27(25,26)15-8-4-13(5-9-15)20(23)24/h2-11,19,21H,1H3,(H,18,22)/t11-/m1/s1. The summed E-state index contributed by atoms with van der Waals surface area (Å²) in [5, 5.41) is 23.5. The van der Waals surface area contributed by atoms with Crippen LogP contribution in [0.1, 0.15) is 12.5 Å². The molecule has 2 aromatic carbocycles. The minimum atomic E-state index is -4.04. The normalized spacial score (nSPS) is 12.6. The maximum Gasteiger partial charge on any atom is 0.269 e. The number of hydrazone groups is 1. The quantitative estimate of drug-likeness (QED) is 0.365. The van der Waals surface area contributed by atoms with Gasteiger partial charge in [0.15, 0.2) is 0 Å². The molecule has 0 aliphatic heterocycles. The number of aromatic hydroxyl groups is 1. The van der Waals surface area contributed by atoms with Gasteiger partial charge < -0.3 is 5.11 Å². The predicted octanol–water partition coefficient (Wildman–Crippen LogP) is 1.12. The molecule has 0 aromatic heterocycles. The lowest BCUT2D eigenvalue weighted by Crippen LogP contribution is -2.43. The maximum absolute atomic E-state index is 12.2. The molecule has 0 saturated heterocycles. The van der Waals surface area contributed by atoms with Gasteiger partial charge in [0.25, 0.3) is 11.6 Å². The van der Waals surface area contributed by atoms with E-state index in [0.29, 0.717) is 5.56 Å². The number of phenolic OH excluding ortho intramolecular Hbond substituents is 1. The van der Waals surface area contributed by atoms with Crippen LogP contribution in [-0.2, 0) is 14.8 Å². The summed E-state index contributed by atoms with van der Waals surface area (Å²) in [7, 11) is -4.04.